The highest BCUT2D eigenvalue weighted by Crippen LogP contribution is 2.45. The van der Waals surface area contributed by atoms with Crippen molar-refractivity contribution in [3.63, 3.8) is 0 Å². The van der Waals surface area contributed by atoms with Crippen LogP contribution < -0.4 is 5.32 Å². The molecular formula is C22H29ClN4O3. The zero-order chi connectivity index (χ0) is 21.3. The molecule has 2 atom stereocenters. The molecule has 1 aromatic rings. The number of hydrogen-bond acceptors (Lipinski definition) is 3. The summed E-state index contributed by atoms with van der Waals surface area (Å²) in [5.41, 5.74) is 0.104. The molecule has 3 heterocycles. The molecule has 7 nitrogen and oxygen atoms in total. The van der Waals surface area contributed by atoms with Crippen molar-refractivity contribution in [2.45, 2.75) is 45.1 Å². The highest BCUT2D eigenvalue weighted by atomic mass is 35.5. The number of fused-ring (bicyclic) bond motifs is 1. The monoisotopic (exact) mass is 432 g/mol. The number of halogens is 1. The zero-order valence-electron chi connectivity index (χ0n) is 17.4. The van der Waals surface area contributed by atoms with Gasteiger partial charge in [-0.25, -0.2) is 4.79 Å². The van der Waals surface area contributed by atoms with Crippen LogP contribution in [0.1, 0.15) is 39.0 Å². The Kier molecular flexibility index (Phi) is 5.91. The third kappa shape index (κ3) is 3.87. The van der Waals surface area contributed by atoms with Gasteiger partial charge in [0.25, 0.3) is 0 Å². The number of hydrogen-bond donors (Lipinski definition) is 1. The summed E-state index contributed by atoms with van der Waals surface area (Å²) < 4.78 is 0. The molecule has 1 aromatic carbocycles. The van der Waals surface area contributed by atoms with E-state index < -0.39 is 5.41 Å². The lowest BCUT2D eigenvalue weighted by Gasteiger charge is -2.37. The van der Waals surface area contributed by atoms with Crippen molar-refractivity contribution in [1.29, 1.82) is 0 Å². The van der Waals surface area contributed by atoms with Crippen LogP contribution in [0.4, 0.5) is 10.5 Å². The van der Waals surface area contributed by atoms with Crippen LogP contribution in [-0.2, 0) is 9.59 Å². The first-order valence-corrected chi connectivity index (χ1v) is 11.2. The summed E-state index contributed by atoms with van der Waals surface area (Å²) in [5, 5.41) is 3.53. The number of nitrogens with one attached hydrogen (secondary N) is 1. The minimum atomic E-state index is -0.578. The number of carbonyl (C=O) groups is 3. The molecule has 3 fully saturated rings. The molecular weight excluding hydrogens is 404 g/mol. The Morgan fingerprint density at radius 3 is 2.30 bits per heavy atom. The first kappa shape index (κ1) is 21.0. The van der Waals surface area contributed by atoms with E-state index in [0.29, 0.717) is 49.6 Å². The first-order valence-electron chi connectivity index (χ1n) is 10.8. The van der Waals surface area contributed by atoms with Crippen molar-refractivity contribution in [1.82, 2.24) is 14.7 Å². The number of carbonyl (C=O) groups excluding carboxylic acids is 3. The van der Waals surface area contributed by atoms with Crippen LogP contribution in [0.15, 0.2) is 24.3 Å². The lowest BCUT2D eigenvalue weighted by Crippen LogP contribution is -2.51. The maximum atomic E-state index is 13.6. The van der Waals surface area contributed by atoms with E-state index in [4.69, 9.17) is 11.6 Å². The van der Waals surface area contributed by atoms with Gasteiger partial charge in [0.1, 0.15) is 0 Å². The Bertz CT molecular complexity index is 824. The predicted molar refractivity (Wildman–Crippen MR) is 115 cm³/mol. The first-order chi connectivity index (χ1) is 14.4. The molecule has 30 heavy (non-hydrogen) atoms. The minimum Gasteiger partial charge on any atom is -0.342 e. The van der Waals surface area contributed by atoms with Crippen molar-refractivity contribution in [3.8, 4) is 0 Å². The van der Waals surface area contributed by atoms with E-state index in [9.17, 15) is 14.4 Å². The molecule has 0 bridgehead atoms. The van der Waals surface area contributed by atoms with Crippen molar-refractivity contribution >= 4 is 35.1 Å². The average molecular weight is 433 g/mol. The van der Waals surface area contributed by atoms with Gasteiger partial charge in [0.15, 0.2) is 0 Å². The zero-order valence-corrected chi connectivity index (χ0v) is 18.2. The van der Waals surface area contributed by atoms with Gasteiger partial charge >= 0.3 is 6.03 Å². The largest absolute Gasteiger partial charge is 0.342 e. The molecule has 8 heteroatoms. The summed E-state index contributed by atoms with van der Waals surface area (Å²) >= 11 is 5.92. The van der Waals surface area contributed by atoms with E-state index >= 15 is 0 Å². The number of benzene rings is 1. The van der Waals surface area contributed by atoms with Crippen LogP contribution in [0.25, 0.3) is 0 Å². The highest BCUT2D eigenvalue weighted by Gasteiger charge is 2.55. The molecule has 0 aromatic heterocycles. The molecule has 162 valence electrons. The number of urea groups is 1. The van der Waals surface area contributed by atoms with Crippen molar-refractivity contribution in [2.75, 3.05) is 38.0 Å². The smallest absolute Gasteiger partial charge is 0.321 e. The highest BCUT2D eigenvalue weighted by molar-refractivity contribution is 6.30. The normalized spacial score (nSPS) is 26.3. The second-order valence-electron chi connectivity index (χ2n) is 8.60. The van der Waals surface area contributed by atoms with Crippen molar-refractivity contribution < 1.29 is 14.4 Å². The second kappa shape index (κ2) is 8.46. The van der Waals surface area contributed by atoms with Crippen LogP contribution in [0.5, 0.6) is 0 Å². The van der Waals surface area contributed by atoms with Crippen LogP contribution >= 0.6 is 11.6 Å². The number of rotatable bonds is 2. The lowest BCUT2D eigenvalue weighted by atomic mass is 9.75. The molecule has 0 saturated carbocycles. The molecule has 3 aliphatic heterocycles. The van der Waals surface area contributed by atoms with E-state index in [1.165, 1.54) is 0 Å². The maximum absolute atomic E-state index is 13.6. The third-order valence-electron chi connectivity index (χ3n) is 6.92. The summed E-state index contributed by atoms with van der Waals surface area (Å²) in [5.74, 6) is 0.184. The summed E-state index contributed by atoms with van der Waals surface area (Å²) in [4.78, 5) is 44.3. The van der Waals surface area contributed by atoms with Gasteiger partial charge in [0.05, 0.1) is 5.41 Å². The number of nitrogens with zero attached hydrogens (tertiary/aromatic N) is 3. The summed E-state index contributed by atoms with van der Waals surface area (Å²) in [7, 11) is 0. The molecule has 0 radical (unpaired) electrons. The van der Waals surface area contributed by atoms with E-state index in [-0.39, 0.29) is 23.9 Å². The van der Waals surface area contributed by atoms with Crippen LogP contribution in [0, 0.1) is 5.41 Å². The Morgan fingerprint density at radius 2 is 1.63 bits per heavy atom. The molecule has 1 N–H and O–H groups in total. The van der Waals surface area contributed by atoms with E-state index in [1.807, 2.05) is 9.80 Å². The standard InChI is InChI=1S/C22H29ClN4O3/c1-16(28)27-15-10-22(20(29)25-11-2-3-12-25)9-14-26(13-8-19(22)27)21(30)24-18-6-4-17(23)5-7-18/h4-7,19H,2-3,8-15H2,1H3,(H,24,30)/t19-,22+/m1/s1. The molecule has 4 rings (SSSR count). The van der Waals surface area contributed by atoms with Gasteiger partial charge in [-0.05, 0) is 56.4 Å². The number of anilines is 1. The summed E-state index contributed by atoms with van der Waals surface area (Å²) in [6, 6.07) is 6.68. The van der Waals surface area contributed by atoms with E-state index in [0.717, 1.165) is 25.9 Å². The average Bonchev–Trinajstić information content (AvgIpc) is 3.34. The van der Waals surface area contributed by atoms with Gasteiger partial charge in [0.2, 0.25) is 11.8 Å². The Morgan fingerprint density at radius 1 is 0.967 bits per heavy atom. The number of amides is 4. The summed E-state index contributed by atoms with van der Waals surface area (Å²) in [6.45, 7) is 4.81. The van der Waals surface area contributed by atoms with Crippen molar-refractivity contribution in [2.24, 2.45) is 5.41 Å². The molecule has 0 spiro atoms. The predicted octanol–water partition coefficient (Wildman–Crippen LogP) is 3.20. The minimum absolute atomic E-state index is 0.00941. The second-order valence-corrected chi connectivity index (χ2v) is 9.03. The topological polar surface area (TPSA) is 73.0 Å². The van der Waals surface area contributed by atoms with Crippen molar-refractivity contribution in [3.05, 3.63) is 29.3 Å². The van der Waals surface area contributed by atoms with Crippen LogP contribution in [0.3, 0.4) is 0 Å². The van der Waals surface area contributed by atoms with Gasteiger partial charge in [-0.1, -0.05) is 11.6 Å². The Balaban J connectivity index is 1.52. The van der Waals surface area contributed by atoms with Gasteiger partial charge in [-0.3, -0.25) is 9.59 Å². The SMILES string of the molecule is CC(=O)N1CC[C@@]2(C(=O)N3CCCC3)CCN(C(=O)Nc3ccc(Cl)cc3)CC[C@@H]12. The van der Waals surface area contributed by atoms with Gasteiger partial charge in [-0.15, -0.1) is 0 Å². The van der Waals surface area contributed by atoms with Gasteiger partial charge in [-0.2, -0.15) is 0 Å². The Hall–Kier alpha value is -2.28. The fourth-order valence-corrected chi connectivity index (χ4v) is 5.42. The van der Waals surface area contributed by atoms with Gasteiger partial charge in [0, 0.05) is 56.4 Å². The summed E-state index contributed by atoms with van der Waals surface area (Å²) in [6.07, 6.45) is 3.97. The van der Waals surface area contributed by atoms with Crippen LogP contribution in [-0.4, -0.2) is 71.3 Å². The molecule has 3 saturated heterocycles. The van der Waals surface area contributed by atoms with E-state index in [1.54, 1.807) is 36.1 Å². The lowest BCUT2D eigenvalue weighted by molar-refractivity contribution is -0.144. The van der Waals surface area contributed by atoms with Gasteiger partial charge < -0.3 is 20.0 Å². The van der Waals surface area contributed by atoms with E-state index in [2.05, 4.69) is 5.32 Å². The molecule has 3 aliphatic rings. The maximum Gasteiger partial charge on any atom is 0.321 e. The molecule has 0 aliphatic carbocycles. The number of likely N-dealkylation sites (tertiary alicyclic amines) is 3. The molecule has 0 unspecified atom stereocenters. The quantitative estimate of drug-likeness (QED) is 0.779. The fourth-order valence-electron chi connectivity index (χ4n) is 5.30. The Labute approximate surface area is 182 Å². The molecule has 4 amide bonds. The third-order valence-corrected chi connectivity index (χ3v) is 7.17. The van der Waals surface area contributed by atoms with Crippen LogP contribution in [0.2, 0.25) is 5.02 Å². The fraction of sp³-hybridized carbons (Fsp3) is 0.591.